The van der Waals surface area contributed by atoms with Crippen molar-refractivity contribution in [1.82, 2.24) is 0 Å². The number of nitrogens with one attached hydrogen (secondary N) is 1. The van der Waals surface area contributed by atoms with Gasteiger partial charge in [-0.1, -0.05) is 48.0 Å². The van der Waals surface area contributed by atoms with Crippen LogP contribution < -0.4 is 19.7 Å². The van der Waals surface area contributed by atoms with Crippen molar-refractivity contribution in [2.75, 3.05) is 31.0 Å². The molecule has 32 heavy (non-hydrogen) atoms. The summed E-state index contributed by atoms with van der Waals surface area (Å²) in [5, 5.41) is 14.3. The van der Waals surface area contributed by atoms with Crippen LogP contribution in [-0.4, -0.2) is 37.7 Å². The van der Waals surface area contributed by atoms with Gasteiger partial charge >= 0.3 is 0 Å². The van der Waals surface area contributed by atoms with Gasteiger partial charge in [0.2, 0.25) is 5.91 Å². The number of aryl methyl sites for hydroxylation is 1. The van der Waals surface area contributed by atoms with E-state index in [4.69, 9.17) is 9.47 Å². The zero-order valence-corrected chi connectivity index (χ0v) is 18.1. The highest BCUT2D eigenvalue weighted by molar-refractivity contribution is 6.12. The second-order valence-corrected chi connectivity index (χ2v) is 7.60. The van der Waals surface area contributed by atoms with E-state index in [9.17, 15) is 14.7 Å². The molecule has 3 aromatic rings. The first-order chi connectivity index (χ1) is 15.4. The van der Waals surface area contributed by atoms with E-state index < -0.39 is 17.4 Å². The van der Waals surface area contributed by atoms with Gasteiger partial charge in [0.25, 0.3) is 5.91 Å². The SMILES string of the molecule is COc1ccc(NC(=O)CN2C(=O)[C@@](O)(c3ccc(C)cc3)c3ccccc32)c(OC)c1. The highest BCUT2D eigenvalue weighted by atomic mass is 16.5. The van der Waals surface area contributed by atoms with Gasteiger partial charge in [-0.05, 0) is 30.7 Å². The highest BCUT2D eigenvalue weighted by Crippen LogP contribution is 2.44. The monoisotopic (exact) mass is 432 g/mol. The number of benzene rings is 3. The summed E-state index contributed by atoms with van der Waals surface area (Å²) in [4.78, 5) is 27.6. The van der Waals surface area contributed by atoms with Crippen LogP contribution in [0.25, 0.3) is 0 Å². The Kier molecular flexibility index (Phi) is 5.59. The Morgan fingerprint density at radius 1 is 1.03 bits per heavy atom. The summed E-state index contributed by atoms with van der Waals surface area (Å²) in [5.41, 5.74) is 1.01. The number of ether oxygens (including phenoxy) is 2. The molecule has 2 N–H and O–H groups in total. The van der Waals surface area contributed by atoms with Crippen molar-refractivity contribution in [3.05, 3.63) is 83.4 Å². The van der Waals surface area contributed by atoms with Crippen molar-refractivity contribution in [3.8, 4) is 11.5 Å². The molecule has 0 radical (unpaired) electrons. The Morgan fingerprint density at radius 3 is 2.44 bits per heavy atom. The van der Waals surface area contributed by atoms with E-state index in [1.807, 2.05) is 19.1 Å². The first-order valence-corrected chi connectivity index (χ1v) is 10.1. The minimum atomic E-state index is -1.86. The third-order valence-electron chi connectivity index (χ3n) is 5.59. The van der Waals surface area contributed by atoms with Crippen molar-refractivity contribution in [2.24, 2.45) is 0 Å². The molecule has 0 fully saturated rings. The number of methoxy groups -OCH3 is 2. The van der Waals surface area contributed by atoms with Gasteiger partial charge in [0.15, 0.2) is 5.60 Å². The Balaban J connectivity index is 1.63. The summed E-state index contributed by atoms with van der Waals surface area (Å²) in [7, 11) is 3.03. The molecule has 3 aromatic carbocycles. The molecule has 0 aromatic heterocycles. The molecule has 0 saturated carbocycles. The standard InChI is InChI=1S/C25H24N2O5/c1-16-8-10-17(11-9-16)25(30)19-6-4-5-7-21(19)27(24(25)29)15-23(28)26-20-13-12-18(31-2)14-22(20)32-3/h4-14,30H,15H2,1-3H3,(H,26,28)/t25-/m1/s1. The van der Waals surface area contributed by atoms with Crippen LogP contribution in [0.3, 0.4) is 0 Å². The van der Waals surface area contributed by atoms with Gasteiger partial charge in [-0.15, -0.1) is 0 Å². The molecule has 1 aliphatic rings. The molecule has 7 heteroatoms. The number of amides is 2. The molecule has 0 saturated heterocycles. The van der Waals surface area contributed by atoms with Gasteiger partial charge in [0.05, 0.1) is 25.6 Å². The van der Waals surface area contributed by atoms with Crippen molar-refractivity contribution in [1.29, 1.82) is 0 Å². The zero-order chi connectivity index (χ0) is 22.9. The fourth-order valence-corrected chi connectivity index (χ4v) is 3.90. The molecule has 164 valence electrons. The van der Waals surface area contributed by atoms with E-state index in [1.165, 1.54) is 12.0 Å². The van der Waals surface area contributed by atoms with E-state index >= 15 is 0 Å². The van der Waals surface area contributed by atoms with E-state index in [0.29, 0.717) is 34.0 Å². The average molecular weight is 432 g/mol. The van der Waals surface area contributed by atoms with Crippen LogP contribution >= 0.6 is 0 Å². The molecule has 0 unspecified atom stereocenters. The number of para-hydroxylation sites is 1. The minimum Gasteiger partial charge on any atom is -0.497 e. The summed E-state index contributed by atoms with van der Waals surface area (Å²) in [5.74, 6) is 0.0258. The van der Waals surface area contributed by atoms with Crippen molar-refractivity contribution in [3.63, 3.8) is 0 Å². The third kappa shape index (κ3) is 3.56. The van der Waals surface area contributed by atoms with Crippen LogP contribution in [0.4, 0.5) is 11.4 Å². The number of aliphatic hydroxyl groups is 1. The lowest BCUT2D eigenvalue weighted by atomic mass is 9.87. The summed E-state index contributed by atoms with van der Waals surface area (Å²) in [6.45, 7) is 1.67. The number of hydrogen-bond donors (Lipinski definition) is 2. The molecule has 4 rings (SSSR count). The van der Waals surface area contributed by atoms with Crippen LogP contribution in [0.2, 0.25) is 0 Å². The number of carbonyl (C=O) groups excluding carboxylic acids is 2. The Labute approximate surface area is 186 Å². The first kappa shape index (κ1) is 21.4. The predicted octanol–water partition coefficient (Wildman–Crippen LogP) is 3.23. The van der Waals surface area contributed by atoms with Gasteiger partial charge in [-0.3, -0.25) is 14.5 Å². The van der Waals surface area contributed by atoms with E-state index in [0.717, 1.165) is 5.56 Å². The molecular formula is C25H24N2O5. The summed E-state index contributed by atoms with van der Waals surface area (Å²) < 4.78 is 10.5. The van der Waals surface area contributed by atoms with Gasteiger partial charge in [-0.2, -0.15) is 0 Å². The molecule has 0 bridgehead atoms. The first-order valence-electron chi connectivity index (χ1n) is 10.1. The maximum absolute atomic E-state index is 13.4. The lowest BCUT2D eigenvalue weighted by Crippen LogP contribution is -2.44. The number of fused-ring (bicyclic) bond motifs is 1. The summed E-state index contributed by atoms with van der Waals surface area (Å²) in [6.07, 6.45) is 0. The van der Waals surface area contributed by atoms with E-state index in [2.05, 4.69) is 5.32 Å². The fraction of sp³-hybridized carbons (Fsp3) is 0.200. The molecule has 0 aliphatic carbocycles. The van der Waals surface area contributed by atoms with Crippen LogP contribution in [0, 0.1) is 6.92 Å². The molecular weight excluding hydrogens is 408 g/mol. The molecule has 0 spiro atoms. The van der Waals surface area contributed by atoms with Crippen LogP contribution in [0.5, 0.6) is 11.5 Å². The Morgan fingerprint density at radius 2 is 1.75 bits per heavy atom. The maximum atomic E-state index is 13.4. The van der Waals surface area contributed by atoms with Gasteiger partial charge < -0.3 is 19.9 Å². The highest BCUT2D eigenvalue weighted by Gasteiger charge is 2.51. The smallest absolute Gasteiger partial charge is 0.268 e. The third-order valence-corrected chi connectivity index (χ3v) is 5.59. The number of carbonyl (C=O) groups is 2. The van der Waals surface area contributed by atoms with Gasteiger partial charge in [-0.25, -0.2) is 0 Å². The number of anilines is 2. The van der Waals surface area contributed by atoms with E-state index in [1.54, 1.807) is 61.7 Å². The second kappa shape index (κ2) is 8.36. The van der Waals surface area contributed by atoms with Crippen LogP contribution in [-0.2, 0) is 15.2 Å². The summed E-state index contributed by atoms with van der Waals surface area (Å²) in [6, 6.07) is 19.1. The van der Waals surface area contributed by atoms with Crippen LogP contribution in [0.1, 0.15) is 16.7 Å². The second-order valence-electron chi connectivity index (χ2n) is 7.60. The zero-order valence-electron chi connectivity index (χ0n) is 18.1. The quantitative estimate of drug-likeness (QED) is 0.624. The maximum Gasteiger partial charge on any atom is 0.268 e. The lowest BCUT2D eigenvalue weighted by molar-refractivity contribution is -0.133. The fourth-order valence-electron chi connectivity index (χ4n) is 3.90. The predicted molar refractivity (Wildman–Crippen MR) is 121 cm³/mol. The number of nitrogens with zero attached hydrogens (tertiary/aromatic N) is 1. The topological polar surface area (TPSA) is 88.1 Å². The van der Waals surface area contributed by atoms with Gasteiger partial charge in [0.1, 0.15) is 18.0 Å². The van der Waals surface area contributed by atoms with Crippen molar-refractivity contribution >= 4 is 23.2 Å². The molecule has 7 nitrogen and oxygen atoms in total. The molecule has 1 atom stereocenters. The van der Waals surface area contributed by atoms with Crippen LogP contribution in [0.15, 0.2) is 66.7 Å². The molecule has 1 heterocycles. The number of hydrogen-bond acceptors (Lipinski definition) is 5. The van der Waals surface area contributed by atoms with Crippen molar-refractivity contribution in [2.45, 2.75) is 12.5 Å². The Bertz CT molecular complexity index is 1180. The Hall–Kier alpha value is -3.84. The van der Waals surface area contributed by atoms with Gasteiger partial charge in [0, 0.05) is 11.6 Å². The molecule has 2 amide bonds. The lowest BCUT2D eigenvalue weighted by Gasteiger charge is -2.24. The minimum absolute atomic E-state index is 0.265. The van der Waals surface area contributed by atoms with E-state index in [-0.39, 0.29) is 6.54 Å². The largest absolute Gasteiger partial charge is 0.497 e. The normalized spacial score (nSPS) is 17.1. The summed E-state index contributed by atoms with van der Waals surface area (Å²) >= 11 is 0. The average Bonchev–Trinajstić information content (AvgIpc) is 3.02. The molecule has 1 aliphatic heterocycles. The van der Waals surface area contributed by atoms with Crippen molar-refractivity contribution < 1.29 is 24.2 Å². The number of rotatable bonds is 6.